The molecule has 1 aromatic carbocycles. The molecular weight excluding hydrogens is 312 g/mol. The Morgan fingerprint density at radius 1 is 1.42 bits per heavy atom. The van der Waals surface area contributed by atoms with Crippen LogP contribution in [0.15, 0.2) is 27.4 Å². The highest BCUT2D eigenvalue weighted by Gasteiger charge is 2.29. The first-order valence-corrected chi connectivity index (χ1v) is 8.17. The van der Waals surface area contributed by atoms with E-state index < -0.39 is 5.76 Å². The molecule has 1 aliphatic heterocycles. The summed E-state index contributed by atoms with van der Waals surface area (Å²) in [6, 6.07) is 5.40. The molecule has 1 saturated heterocycles. The smallest absolute Gasteiger partial charge is 0.408 e. The van der Waals surface area contributed by atoms with Gasteiger partial charge in [0.05, 0.1) is 24.8 Å². The Kier molecular flexibility index (Phi) is 5.01. The number of fused-ring (bicyclic) bond motifs is 1. The maximum Gasteiger partial charge on any atom is 0.419 e. The Hall–Kier alpha value is -2.12. The van der Waals surface area contributed by atoms with Crippen molar-refractivity contribution in [3.05, 3.63) is 34.3 Å². The summed E-state index contributed by atoms with van der Waals surface area (Å²) in [7, 11) is 0. The predicted octanol–water partition coefficient (Wildman–Crippen LogP) is 1.21. The fourth-order valence-corrected chi connectivity index (χ4v) is 2.92. The minimum Gasteiger partial charge on any atom is -0.408 e. The van der Waals surface area contributed by atoms with E-state index in [-0.39, 0.29) is 31.0 Å². The lowest BCUT2D eigenvalue weighted by Crippen LogP contribution is -2.44. The molecular formula is C17H22N2O5. The highest BCUT2D eigenvalue weighted by Crippen LogP contribution is 2.15. The van der Waals surface area contributed by atoms with E-state index in [1.807, 2.05) is 26.0 Å². The number of hydrogen-bond acceptors (Lipinski definition) is 5. The molecule has 0 radical (unpaired) electrons. The molecule has 0 saturated carbocycles. The summed E-state index contributed by atoms with van der Waals surface area (Å²) in [5.41, 5.74) is 2.28. The zero-order chi connectivity index (χ0) is 17.1. The Morgan fingerprint density at radius 3 is 3.04 bits per heavy atom. The molecule has 1 fully saturated rings. The van der Waals surface area contributed by atoms with Gasteiger partial charge < -0.3 is 19.2 Å². The van der Waals surface area contributed by atoms with Crippen molar-refractivity contribution in [2.45, 2.75) is 39.0 Å². The van der Waals surface area contributed by atoms with E-state index in [4.69, 9.17) is 13.9 Å². The van der Waals surface area contributed by atoms with Gasteiger partial charge in [0, 0.05) is 19.6 Å². The molecule has 1 amide bonds. The van der Waals surface area contributed by atoms with Crippen LogP contribution in [-0.2, 0) is 20.8 Å². The van der Waals surface area contributed by atoms with Crippen molar-refractivity contribution in [2.24, 2.45) is 0 Å². The van der Waals surface area contributed by atoms with Crippen molar-refractivity contribution < 1.29 is 18.7 Å². The number of carbonyl (C=O) groups is 1. The second-order valence-electron chi connectivity index (χ2n) is 5.95. The average molecular weight is 334 g/mol. The molecule has 0 unspecified atom stereocenters. The number of aryl methyl sites for hydroxylation is 2. The normalized spacial score (nSPS) is 20.6. The molecule has 0 aliphatic carbocycles. The van der Waals surface area contributed by atoms with Crippen LogP contribution >= 0.6 is 0 Å². The van der Waals surface area contributed by atoms with E-state index in [0.29, 0.717) is 30.9 Å². The van der Waals surface area contributed by atoms with Crippen molar-refractivity contribution in [2.75, 3.05) is 19.8 Å². The van der Waals surface area contributed by atoms with E-state index in [0.717, 1.165) is 5.56 Å². The van der Waals surface area contributed by atoms with Crippen LogP contribution < -0.4 is 11.1 Å². The summed E-state index contributed by atoms with van der Waals surface area (Å²) < 4.78 is 17.6. The van der Waals surface area contributed by atoms with Crippen LogP contribution in [0.25, 0.3) is 11.1 Å². The number of nitrogens with zero attached hydrogens (tertiary/aromatic N) is 1. The number of ether oxygens (including phenoxy) is 2. The second-order valence-corrected chi connectivity index (χ2v) is 5.95. The quantitative estimate of drug-likeness (QED) is 0.859. The summed E-state index contributed by atoms with van der Waals surface area (Å²) in [4.78, 5) is 24.2. The van der Waals surface area contributed by atoms with Gasteiger partial charge in [0.25, 0.3) is 0 Å². The molecule has 1 aliphatic rings. The minimum atomic E-state index is -0.445. The number of nitrogens with one attached hydrogen (secondary N) is 1. The van der Waals surface area contributed by atoms with Crippen molar-refractivity contribution in [1.29, 1.82) is 0 Å². The molecule has 2 aromatic rings. The number of carbonyl (C=O) groups excluding carboxylic acids is 1. The maximum atomic E-state index is 12.2. The van der Waals surface area contributed by atoms with Gasteiger partial charge in [-0.2, -0.15) is 0 Å². The Balaban J connectivity index is 1.63. The third-order valence-corrected chi connectivity index (χ3v) is 4.14. The molecule has 2 heterocycles. The molecule has 2 atom stereocenters. The van der Waals surface area contributed by atoms with Crippen LogP contribution in [-0.4, -0.2) is 42.4 Å². The minimum absolute atomic E-state index is 0.112. The van der Waals surface area contributed by atoms with E-state index in [1.54, 1.807) is 6.07 Å². The van der Waals surface area contributed by atoms with Gasteiger partial charge in [-0.1, -0.05) is 6.07 Å². The van der Waals surface area contributed by atoms with Crippen molar-refractivity contribution in [3.8, 4) is 0 Å². The first-order valence-electron chi connectivity index (χ1n) is 8.17. The Morgan fingerprint density at radius 2 is 2.25 bits per heavy atom. The lowest BCUT2D eigenvalue weighted by molar-refractivity contribution is -0.122. The van der Waals surface area contributed by atoms with Crippen LogP contribution in [0.4, 0.5) is 0 Å². The van der Waals surface area contributed by atoms with Crippen LogP contribution in [0.5, 0.6) is 0 Å². The van der Waals surface area contributed by atoms with Crippen LogP contribution in [0.3, 0.4) is 0 Å². The molecule has 7 nitrogen and oxygen atoms in total. The predicted molar refractivity (Wildman–Crippen MR) is 88.0 cm³/mol. The zero-order valence-electron chi connectivity index (χ0n) is 13.9. The summed E-state index contributed by atoms with van der Waals surface area (Å²) in [6.45, 7) is 5.65. The third kappa shape index (κ3) is 3.52. The van der Waals surface area contributed by atoms with Crippen molar-refractivity contribution >= 4 is 17.0 Å². The lowest BCUT2D eigenvalue weighted by Gasteiger charge is -2.18. The van der Waals surface area contributed by atoms with Crippen molar-refractivity contribution in [3.63, 3.8) is 0 Å². The second kappa shape index (κ2) is 7.19. The molecule has 1 aromatic heterocycles. The first-order chi connectivity index (χ1) is 11.6. The zero-order valence-corrected chi connectivity index (χ0v) is 13.9. The monoisotopic (exact) mass is 334 g/mol. The molecule has 1 N–H and O–H groups in total. The Bertz CT molecular complexity index is 779. The standard InChI is InChI=1S/C17H22N2O5/c1-3-23-15-10-22-9-12(15)18-16(20)6-7-19-13-8-11(2)4-5-14(13)24-17(19)21/h4-5,8,12,15H,3,6-7,9-10H2,1-2H3,(H,18,20)/t12-,15-/m1/s1. The number of aromatic nitrogens is 1. The average Bonchev–Trinajstić information content (AvgIpc) is 3.09. The summed E-state index contributed by atoms with van der Waals surface area (Å²) in [5, 5.41) is 2.92. The fourth-order valence-electron chi connectivity index (χ4n) is 2.92. The van der Waals surface area contributed by atoms with Crippen LogP contribution in [0, 0.1) is 6.92 Å². The van der Waals surface area contributed by atoms with E-state index in [2.05, 4.69) is 5.32 Å². The number of benzene rings is 1. The molecule has 7 heteroatoms. The highest BCUT2D eigenvalue weighted by atomic mass is 16.5. The van der Waals surface area contributed by atoms with Gasteiger partial charge in [-0.15, -0.1) is 0 Å². The number of rotatable bonds is 6. The van der Waals surface area contributed by atoms with E-state index in [1.165, 1.54) is 4.57 Å². The van der Waals surface area contributed by atoms with Gasteiger partial charge in [0.2, 0.25) is 5.91 Å². The SMILES string of the molecule is CCO[C@@H]1COC[C@H]1NC(=O)CCn1c(=O)oc2ccc(C)cc21. The first kappa shape index (κ1) is 16.7. The highest BCUT2D eigenvalue weighted by molar-refractivity contribution is 5.77. The van der Waals surface area contributed by atoms with Crippen LogP contribution in [0.2, 0.25) is 0 Å². The Labute approximate surface area is 139 Å². The third-order valence-electron chi connectivity index (χ3n) is 4.14. The van der Waals surface area contributed by atoms with Crippen molar-refractivity contribution in [1.82, 2.24) is 9.88 Å². The van der Waals surface area contributed by atoms with Gasteiger partial charge >= 0.3 is 5.76 Å². The van der Waals surface area contributed by atoms with Gasteiger partial charge in [0.1, 0.15) is 6.10 Å². The lowest BCUT2D eigenvalue weighted by atomic mass is 10.2. The molecule has 0 bridgehead atoms. The van der Waals surface area contributed by atoms with Gasteiger partial charge in [-0.05, 0) is 31.5 Å². The molecule has 3 rings (SSSR count). The fraction of sp³-hybridized carbons (Fsp3) is 0.529. The summed E-state index contributed by atoms with van der Waals surface area (Å²) in [5.74, 6) is -0.580. The van der Waals surface area contributed by atoms with Gasteiger partial charge in [0.15, 0.2) is 5.58 Å². The topological polar surface area (TPSA) is 82.7 Å². The summed E-state index contributed by atoms with van der Waals surface area (Å²) in [6.07, 6.45) is 0.0803. The molecule has 130 valence electrons. The van der Waals surface area contributed by atoms with Gasteiger partial charge in [-0.25, -0.2) is 4.79 Å². The van der Waals surface area contributed by atoms with E-state index >= 15 is 0 Å². The van der Waals surface area contributed by atoms with E-state index in [9.17, 15) is 9.59 Å². The maximum absolute atomic E-state index is 12.2. The van der Waals surface area contributed by atoms with Crippen LogP contribution in [0.1, 0.15) is 18.9 Å². The molecule has 24 heavy (non-hydrogen) atoms. The number of hydrogen-bond donors (Lipinski definition) is 1. The van der Waals surface area contributed by atoms with Gasteiger partial charge in [-0.3, -0.25) is 9.36 Å². The number of amides is 1. The summed E-state index contributed by atoms with van der Waals surface area (Å²) >= 11 is 0. The molecule has 0 spiro atoms. The largest absolute Gasteiger partial charge is 0.419 e. The number of oxazole rings is 1.